The van der Waals surface area contributed by atoms with Crippen LogP contribution >= 0.6 is 0 Å². The number of sulfonamides is 1. The zero-order chi connectivity index (χ0) is 23.8. The van der Waals surface area contributed by atoms with Crippen LogP contribution in [0.2, 0.25) is 0 Å². The Labute approximate surface area is 187 Å². The number of anilines is 1. The summed E-state index contributed by atoms with van der Waals surface area (Å²) in [6.07, 6.45) is 0. The predicted molar refractivity (Wildman–Crippen MR) is 125 cm³/mol. The van der Waals surface area contributed by atoms with Crippen molar-refractivity contribution in [3.63, 3.8) is 0 Å². The van der Waals surface area contributed by atoms with Crippen molar-refractivity contribution in [3.8, 4) is 5.69 Å². The largest absolute Gasteiger partial charge is 0.316 e. The highest BCUT2D eigenvalue weighted by atomic mass is 32.2. The Morgan fingerprint density at radius 3 is 2.22 bits per heavy atom. The van der Waals surface area contributed by atoms with E-state index < -0.39 is 21.5 Å². The molecule has 0 bridgehead atoms. The molecule has 170 valence electrons. The molecule has 3 rings (SSSR count). The van der Waals surface area contributed by atoms with Crippen molar-refractivity contribution < 1.29 is 13.2 Å². The number of para-hydroxylation sites is 1. The quantitative estimate of drug-likeness (QED) is 0.616. The summed E-state index contributed by atoms with van der Waals surface area (Å²) in [5, 5.41) is 2.69. The van der Waals surface area contributed by atoms with E-state index in [2.05, 4.69) is 10.0 Å². The second kappa shape index (κ2) is 8.40. The Morgan fingerprint density at radius 1 is 1.00 bits per heavy atom. The molecule has 2 aromatic carbocycles. The molecular formula is C23H28N4O4S. The molecule has 0 saturated heterocycles. The lowest BCUT2D eigenvalue weighted by atomic mass is 10.1. The van der Waals surface area contributed by atoms with Crippen LogP contribution in [0, 0.1) is 13.8 Å². The van der Waals surface area contributed by atoms with Crippen molar-refractivity contribution in [1.29, 1.82) is 0 Å². The lowest BCUT2D eigenvalue weighted by molar-refractivity contribution is 0.102. The van der Waals surface area contributed by atoms with Crippen molar-refractivity contribution in [1.82, 2.24) is 14.1 Å². The number of aromatic nitrogens is 2. The summed E-state index contributed by atoms with van der Waals surface area (Å²) >= 11 is 0. The summed E-state index contributed by atoms with van der Waals surface area (Å²) in [6.45, 7) is 8.66. The van der Waals surface area contributed by atoms with Crippen LogP contribution in [-0.2, 0) is 17.1 Å². The number of aryl methyl sites for hydroxylation is 1. The molecule has 0 saturated carbocycles. The van der Waals surface area contributed by atoms with Gasteiger partial charge in [-0.1, -0.05) is 24.3 Å². The number of benzene rings is 2. The van der Waals surface area contributed by atoms with Gasteiger partial charge in [0.05, 0.1) is 16.3 Å². The summed E-state index contributed by atoms with van der Waals surface area (Å²) in [7, 11) is -2.09. The molecule has 0 aliphatic heterocycles. The number of nitrogens with zero attached hydrogens (tertiary/aromatic N) is 2. The van der Waals surface area contributed by atoms with E-state index >= 15 is 0 Å². The molecular weight excluding hydrogens is 428 g/mol. The minimum Gasteiger partial charge on any atom is -0.316 e. The Morgan fingerprint density at radius 2 is 1.62 bits per heavy atom. The number of hydrogen-bond donors (Lipinski definition) is 2. The first-order chi connectivity index (χ1) is 14.8. The Kier molecular flexibility index (Phi) is 6.17. The molecule has 0 fully saturated rings. The number of carbonyl (C=O) groups excluding carboxylic acids is 1. The highest BCUT2D eigenvalue weighted by Crippen LogP contribution is 2.20. The second-order valence-corrected chi connectivity index (χ2v) is 10.4. The molecule has 0 radical (unpaired) electrons. The zero-order valence-electron chi connectivity index (χ0n) is 19.1. The van der Waals surface area contributed by atoms with Gasteiger partial charge in [-0.25, -0.2) is 17.8 Å². The van der Waals surface area contributed by atoms with E-state index in [-0.39, 0.29) is 21.7 Å². The van der Waals surface area contributed by atoms with Crippen LogP contribution in [-0.4, -0.2) is 29.2 Å². The number of carbonyl (C=O) groups is 1. The molecule has 32 heavy (non-hydrogen) atoms. The van der Waals surface area contributed by atoms with E-state index in [4.69, 9.17) is 0 Å². The SMILES string of the molecule is Cc1ccc(S(=O)(=O)NC(C)(C)C)cc1C(=O)Nc1c(C)n(C)n(-c2ccccc2)c1=O. The maximum atomic E-state index is 13.1. The minimum absolute atomic E-state index is 0.0188. The average Bonchev–Trinajstić information content (AvgIpc) is 2.90. The van der Waals surface area contributed by atoms with E-state index in [1.54, 1.807) is 64.5 Å². The zero-order valence-corrected chi connectivity index (χ0v) is 19.9. The molecule has 8 nitrogen and oxygen atoms in total. The molecule has 1 heterocycles. The molecule has 2 N–H and O–H groups in total. The van der Waals surface area contributed by atoms with Crippen molar-refractivity contribution in [3.05, 3.63) is 75.7 Å². The maximum absolute atomic E-state index is 13.1. The van der Waals surface area contributed by atoms with E-state index in [1.165, 1.54) is 16.8 Å². The molecule has 0 unspecified atom stereocenters. The smallest absolute Gasteiger partial charge is 0.295 e. The van der Waals surface area contributed by atoms with Gasteiger partial charge in [-0.3, -0.25) is 14.3 Å². The van der Waals surface area contributed by atoms with Crippen LogP contribution in [0.3, 0.4) is 0 Å². The van der Waals surface area contributed by atoms with Crippen molar-refractivity contribution in [2.45, 2.75) is 45.1 Å². The molecule has 1 amide bonds. The van der Waals surface area contributed by atoms with Gasteiger partial charge in [0.15, 0.2) is 0 Å². The molecule has 0 aliphatic rings. The number of nitrogens with one attached hydrogen (secondary N) is 2. The van der Waals surface area contributed by atoms with Gasteiger partial charge in [0.1, 0.15) is 5.69 Å². The van der Waals surface area contributed by atoms with Crippen molar-refractivity contribution >= 4 is 21.6 Å². The molecule has 3 aromatic rings. The summed E-state index contributed by atoms with van der Waals surface area (Å²) in [6, 6.07) is 13.5. The summed E-state index contributed by atoms with van der Waals surface area (Å²) in [5.41, 5.74) is 1.10. The number of amides is 1. The van der Waals surface area contributed by atoms with Gasteiger partial charge in [0.25, 0.3) is 11.5 Å². The summed E-state index contributed by atoms with van der Waals surface area (Å²) < 4.78 is 31.1. The van der Waals surface area contributed by atoms with Gasteiger partial charge in [-0.05, 0) is 64.4 Å². The van der Waals surface area contributed by atoms with Crippen LogP contribution < -0.4 is 15.6 Å². The minimum atomic E-state index is -3.82. The van der Waals surface area contributed by atoms with Crippen molar-refractivity contribution in [2.24, 2.45) is 7.05 Å². The van der Waals surface area contributed by atoms with E-state index in [9.17, 15) is 18.0 Å². The first kappa shape index (κ1) is 23.5. The fourth-order valence-electron chi connectivity index (χ4n) is 3.37. The van der Waals surface area contributed by atoms with Gasteiger partial charge in [0, 0.05) is 18.2 Å². The van der Waals surface area contributed by atoms with Crippen LogP contribution in [0.4, 0.5) is 5.69 Å². The fourth-order valence-corrected chi connectivity index (χ4v) is 4.81. The standard InChI is InChI=1S/C23H28N4O4S/c1-15-12-13-18(32(30,31)25-23(3,4)5)14-19(15)21(28)24-20-16(2)26(6)27(22(20)29)17-10-8-7-9-11-17/h7-14,25H,1-6H3,(H,24,28). The molecule has 9 heteroatoms. The third-order valence-corrected chi connectivity index (χ3v) is 6.75. The van der Waals surface area contributed by atoms with Crippen LogP contribution in [0.25, 0.3) is 5.69 Å². The topological polar surface area (TPSA) is 102 Å². The molecule has 0 atom stereocenters. The molecule has 1 aromatic heterocycles. The molecule has 0 aliphatic carbocycles. The van der Waals surface area contributed by atoms with Crippen LogP contribution in [0.1, 0.15) is 42.4 Å². The summed E-state index contributed by atoms with van der Waals surface area (Å²) in [5.74, 6) is -0.554. The van der Waals surface area contributed by atoms with Crippen molar-refractivity contribution in [2.75, 3.05) is 5.32 Å². The van der Waals surface area contributed by atoms with Gasteiger partial charge in [0.2, 0.25) is 10.0 Å². The summed E-state index contributed by atoms with van der Waals surface area (Å²) in [4.78, 5) is 26.1. The average molecular weight is 457 g/mol. The van der Waals surface area contributed by atoms with Gasteiger partial charge in [-0.15, -0.1) is 0 Å². The first-order valence-electron chi connectivity index (χ1n) is 10.1. The first-order valence-corrected chi connectivity index (χ1v) is 11.6. The molecule has 0 spiro atoms. The fraction of sp³-hybridized carbons (Fsp3) is 0.304. The van der Waals surface area contributed by atoms with Crippen LogP contribution in [0.15, 0.2) is 58.2 Å². The number of rotatable bonds is 5. The van der Waals surface area contributed by atoms with E-state index in [0.717, 1.165) is 0 Å². The van der Waals surface area contributed by atoms with Crippen LogP contribution in [0.5, 0.6) is 0 Å². The monoisotopic (exact) mass is 456 g/mol. The van der Waals surface area contributed by atoms with Gasteiger partial charge in [-0.2, -0.15) is 0 Å². The normalized spacial score (nSPS) is 12.1. The second-order valence-electron chi connectivity index (χ2n) is 8.72. The highest BCUT2D eigenvalue weighted by Gasteiger charge is 2.25. The Hall–Kier alpha value is -3.17. The lowest BCUT2D eigenvalue weighted by Gasteiger charge is -2.20. The van der Waals surface area contributed by atoms with E-state index in [1.807, 2.05) is 18.2 Å². The highest BCUT2D eigenvalue weighted by molar-refractivity contribution is 7.89. The Bertz CT molecular complexity index is 1330. The maximum Gasteiger partial charge on any atom is 0.295 e. The van der Waals surface area contributed by atoms with E-state index in [0.29, 0.717) is 16.9 Å². The number of hydrogen-bond acceptors (Lipinski definition) is 4. The lowest BCUT2D eigenvalue weighted by Crippen LogP contribution is -2.40. The Balaban J connectivity index is 2.00. The van der Waals surface area contributed by atoms with Gasteiger partial charge >= 0.3 is 0 Å². The third kappa shape index (κ3) is 4.68. The third-order valence-electron chi connectivity index (χ3n) is 5.00. The predicted octanol–water partition coefficient (Wildman–Crippen LogP) is 3.12. The van der Waals surface area contributed by atoms with Gasteiger partial charge < -0.3 is 5.32 Å².